The summed E-state index contributed by atoms with van der Waals surface area (Å²) in [5.74, 6) is 7.10. The van der Waals surface area contributed by atoms with Gasteiger partial charge in [-0.05, 0) is 36.6 Å². The first-order chi connectivity index (χ1) is 17.5. The van der Waals surface area contributed by atoms with E-state index >= 15 is 0 Å². The molecule has 1 aromatic rings. The molecule has 10 heteroatoms. The summed E-state index contributed by atoms with van der Waals surface area (Å²) in [6.45, 7) is 0.332. The second-order valence-corrected chi connectivity index (χ2v) is 8.59. The molecule has 2 aliphatic carbocycles. The zero-order valence-corrected chi connectivity index (χ0v) is 20.0. The third kappa shape index (κ3) is 5.22. The fourth-order valence-electron chi connectivity index (χ4n) is 4.22. The predicted molar refractivity (Wildman–Crippen MR) is 137 cm³/mol. The van der Waals surface area contributed by atoms with Crippen LogP contribution in [-0.4, -0.2) is 74.7 Å². The molecule has 3 unspecified atom stereocenters. The maximum absolute atomic E-state index is 10.4. The first-order valence-corrected chi connectivity index (χ1v) is 11.6. The summed E-state index contributed by atoms with van der Waals surface area (Å²) < 4.78 is 7.14. The van der Waals surface area contributed by atoms with Crippen LogP contribution in [0.3, 0.4) is 0 Å². The van der Waals surface area contributed by atoms with Gasteiger partial charge in [0.15, 0.2) is 12.1 Å². The van der Waals surface area contributed by atoms with Gasteiger partial charge < -0.3 is 25.2 Å². The number of nitrogens with zero attached hydrogens (tertiary/aromatic N) is 6. The lowest BCUT2D eigenvalue weighted by molar-refractivity contribution is 0.196. The quantitative estimate of drug-likeness (QED) is 0.539. The van der Waals surface area contributed by atoms with Crippen molar-refractivity contribution in [1.29, 1.82) is 0 Å². The average Bonchev–Trinajstić information content (AvgIpc) is 3.32. The number of nitrogens with one attached hydrogen (secondary N) is 1. The summed E-state index contributed by atoms with van der Waals surface area (Å²) in [7, 11) is 3.45. The minimum atomic E-state index is -0.904. The molecule has 0 bridgehead atoms. The molecule has 3 N–H and O–H groups in total. The van der Waals surface area contributed by atoms with Crippen molar-refractivity contribution in [2.45, 2.75) is 31.2 Å². The molecule has 4 aliphatic rings. The Bertz CT molecular complexity index is 1350. The molecular formula is C26H27N7O3. The van der Waals surface area contributed by atoms with E-state index in [1.165, 1.54) is 6.08 Å². The van der Waals surface area contributed by atoms with Crippen LogP contribution in [0.5, 0.6) is 0 Å². The third-order valence-electron chi connectivity index (χ3n) is 5.99. The summed E-state index contributed by atoms with van der Waals surface area (Å²) in [6.07, 6.45) is 15.9. The Balaban J connectivity index is 1.45. The van der Waals surface area contributed by atoms with Crippen molar-refractivity contribution in [2.75, 3.05) is 13.7 Å². The zero-order valence-electron chi connectivity index (χ0n) is 20.0. The maximum Gasteiger partial charge on any atom is 0.180 e. The molecule has 1 aromatic heterocycles. The molecule has 36 heavy (non-hydrogen) atoms. The Morgan fingerprint density at radius 1 is 1.31 bits per heavy atom. The highest BCUT2D eigenvalue weighted by Gasteiger charge is 2.26. The lowest BCUT2D eigenvalue weighted by atomic mass is 9.99. The van der Waals surface area contributed by atoms with Gasteiger partial charge in [-0.25, -0.2) is 9.98 Å². The monoisotopic (exact) mass is 485 g/mol. The summed E-state index contributed by atoms with van der Waals surface area (Å²) in [5.41, 5.74) is 4.31. The molecule has 184 valence electrons. The first-order valence-electron chi connectivity index (χ1n) is 11.6. The van der Waals surface area contributed by atoms with Crippen LogP contribution >= 0.6 is 0 Å². The normalized spacial score (nSPS) is 24.5. The van der Waals surface area contributed by atoms with Crippen LogP contribution in [-0.2, 0) is 11.8 Å². The molecule has 0 fully saturated rings. The van der Waals surface area contributed by atoms with Gasteiger partial charge in [-0.15, -0.1) is 0 Å². The second-order valence-electron chi connectivity index (χ2n) is 8.59. The summed E-state index contributed by atoms with van der Waals surface area (Å²) in [4.78, 5) is 15.7. The minimum Gasteiger partial charge on any atom is -0.497 e. The number of aliphatic hydroxyl groups is 2. The number of aromatic nitrogens is 2. The van der Waals surface area contributed by atoms with Gasteiger partial charge in [-0.2, -0.15) is 5.10 Å². The Morgan fingerprint density at radius 3 is 2.97 bits per heavy atom. The number of aliphatic imine (C=N–C) groups is 3. The number of amidine groups is 1. The fourth-order valence-corrected chi connectivity index (χ4v) is 4.22. The maximum atomic E-state index is 10.4. The SMILES string of the molecule is COC1=CC(O)CC(N(CC#CC2=NC(O)C=CN2)C2=CCC3N=CC(c4cnn(C)c4)=NC3=C2)=C1. The van der Waals surface area contributed by atoms with Crippen LogP contribution in [0, 0.1) is 11.8 Å². The smallest absolute Gasteiger partial charge is 0.180 e. The van der Waals surface area contributed by atoms with Crippen LogP contribution in [0.2, 0.25) is 0 Å². The Labute approximate surface area is 209 Å². The molecule has 0 saturated heterocycles. The van der Waals surface area contributed by atoms with Gasteiger partial charge in [0.2, 0.25) is 0 Å². The van der Waals surface area contributed by atoms with Crippen molar-refractivity contribution in [3.8, 4) is 11.8 Å². The predicted octanol–water partition coefficient (Wildman–Crippen LogP) is 1.15. The highest BCUT2D eigenvalue weighted by molar-refractivity contribution is 6.38. The molecule has 0 radical (unpaired) electrons. The number of hydrogen-bond acceptors (Lipinski definition) is 9. The summed E-state index contributed by atoms with van der Waals surface area (Å²) in [6, 6.07) is -0.0449. The van der Waals surface area contributed by atoms with Crippen molar-refractivity contribution in [1.82, 2.24) is 20.0 Å². The van der Waals surface area contributed by atoms with Crippen LogP contribution in [0.4, 0.5) is 0 Å². The molecule has 2 aliphatic heterocycles. The minimum absolute atomic E-state index is 0.0449. The van der Waals surface area contributed by atoms with E-state index < -0.39 is 12.3 Å². The van der Waals surface area contributed by atoms with E-state index in [1.54, 1.807) is 36.5 Å². The Hall–Kier alpha value is -4.20. The Morgan fingerprint density at radius 2 is 2.19 bits per heavy atom. The molecule has 0 amide bonds. The lowest BCUT2D eigenvalue weighted by Gasteiger charge is -2.32. The number of hydrogen-bond donors (Lipinski definition) is 3. The molecule has 0 spiro atoms. The molecule has 3 heterocycles. The van der Waals surface area contributed by atoms with Gasteiger partial charge in [-0.1, -0.05) is 12.0 Å². The topological polar surface area (TPSA) is 120 Å². The van der Waals surface area contributed by atoms with Crippen molar-refractivity contribution < 1.29 is 14.9 Å². The zero-order chi connectivity index (χ0) is 25.1. The number of allylic oxidation sites excluding steroid dienone is 2. The van der Waals surface area contributed by atoms with Gasteiger partial charge in [0, 0.05) is 49.0 Å². The molecule has 5 rings (SSSR count). The van der Waals surface area contributed by atoms with Crippen molar-refractivity contribution >= 4 is 17.8 Å². The third-order valence-corrected chi connectivity index (χ3v) is 5.99. The number of methoxy groups -OCH3 is 1. The number of aliphatic hydroxyl groups excluding tert-OH is 2. The largest absolute Gasteiger partial charge is 0.497 e. The summed E-state index contributed by atoms with van der Waals surface area (Å²) >= 11 is 0. The van der Waals surface area contributed by atoms with E-state index in [-0.39, 0.29) is 6.04 Å². The van der Waals surface area contributed by atoms with Gasteiger partial charge >= 0.3 is 0 Å². The van der Waals surface area contributed by atoms with Crippen molar-refractivity contribution in [3.63, 3.8) is 0 Å². The Kier molecular flexibility index (Phi) is 6.66. The lowest BCUT2D eigenvalue weighted by Crippen LogP contribution is -2.29. The molecule has 0 aromatic carbocycles. The van der Waals surface area contributed by atoms with Crippen molar-refractivity contribution in [2.24, 2.45) is 22.0 Å². The van der Waals surface area contributed by atoms with Gasteiger partial charge in [-0.3, -0.25) is 9.67 Å². The van der Waals surface area contributed by atoms with E-state index in [4.69, 9.17) is 14.7 Å². The highest BCUT2D eigenvalue weighted by Crippen LogP contribution is 2.31. The fraction of sp³-hybridized carbons (Fsp3) is 0.308. The molecular weight excluding hydrogens is 458 g/mol. The van der Waals surface area contributed by atoms with E-state index in [0.29, 0.717) is 31.0 Å². The second kappa shape index (κ2) is 10.2. The van der Waals surface area contributed by atoms with Crippen LogP contribution in [0.15, 0.2) is 86.8 Å². The van der Waals surface area contributed by atoms with E-state index in [9.17, 15) is 10.2 Å². The van der Waals surface area contributed by atoms with E-state index in [0.717, 1.165) is 28.4 Å². The molecule has 3 atom stereocenters. The van der Waals surface area contributed by atoms with E-state index in [2.05, 4.69) is 33.3 Å². The van der Waals surface area contributed by atoms with E-state index in [1.807, 2.05) is 30.3 Å². The number of fused-ring (bicyclic) bond motifs is 1. The van der Waals surface area contributed by atoms with Crippen molar-refractivity contribution in [3.05, 3.63) is 77.4 Å². The highest BCUT2D eigenvalue weighted by atomic mass is 16.5. The molecule has 10 nitrogen and oxygen atoms in total. The number of aryl methyl sites for hydroxylation is 1. The van der Waals surface area contributed by atoms with Gasteiger partial charge in [0.25, 0.3) is 0 Å². The number of ether oxygens (including phenoxy) is 1. The average molecular weight is 486 g/mol. The summed E-state index contributed by atoms with van der Waals surface area (Å²) in [5, 5.41) is 27.3. The molecule has 0 saturated carbocycles. The van der Waals surface area contributed by atoms with Gasteiger partial charge in [0.05, 0.1) is 43.4 Å². The van der Waals surface area contributed by atoms with Gasteiger partial charge in [0.1, 0.15) is 5.76 Å². The standard InChI is InChI=1S/C26H27N7O3/c1-32-16-17(14-29-32)24-15-28-22-6-5-18(12-23(22)30-24)33(19-10-20(34)13-21(11-19)36-2)9-3-4-25-27-8-7-26(35)31-25/h5,7-8,11-16,20,22,26,34-35H,6,9-10H2,1-2H3,(H,27,31). The van der Waals surface area contributed by atoms with Crippen LogP contribution < -0.4 is 5.32 Å². The van der Waals surface area contributed by atoms with Crippen LogP contribution in [0.25, 0.3) is 0 Å². The van der Waals surface area contributed by atoms with Crippen LogP contribution in [0.1, 0.15) is 18.4 Å². The first kappa shape index (κ1) is 23.5. The number of rotatable bonds is 5.